The molecule has 6 heteroatoms. The van der Waals surface area contributed by atoms with Crippen molar-refractivity contribution in [2.24, 2.45) is 0 Å². The lowest BCUT2D eigenvalue weighted by molar-refractivity contribution is -0.167. The highest BCUT2D eigenvalue weighted by Crippen LogP contribution is 2.17. The second kappa shape index (κ2) is 64.4. The molecule has 0 aromatic heterocycles. The lowest BCUT2D eigenvalue weighted by Crippen LogP contribution is -2.30. The number of hydrogen-bond donors (Lipinski definition) is 0. The van der Waals surface area contributed by atoms with Gasteiger partial charge in [0.1, 0.15) is 13.2 Å². The van der Waals surface area contributed by atoms with Crippen LogP contribution in [-0.2, 0) is 28.6 Å². The topological polar surface area (TPSA) is 78.9 Å². The van der Waals surface area contributed by atoms with E-state index in [9.17, 15) is 14.4 Å². The van der Waals surface area contributed by atoms with Crippen LogP contribution in [0.25, 0.3) is 0 Å². The van der Waals surface area contributed by atoms with E-state index >= 15 is 0 Å². The van der Waals surface area contributed by atoms with Gasteiger partial charge in [0.15, 0.2) is 6.10 Å². The Bertz CT molecular complexity index is 1400. The summed E-state index contributed by atoms with van der Waals surface area (Å²) in [6.45, 7) is 6.56. The number of esters is 3. The second-order valence-corrected chi connectivity index (χ2v) is 22.0. The number of carbonyl (C=O) groups is 3. The van der Waals surface area contributed by atoms with Gasteiger partial charge in [-0.3, -0.25) is 14.4 Å². The van der Waals surface area contributed by atoms with Gasteiger partial charge in [-0.25, -0.2) is 0 Å². The molecule has 0 aromatic rings. The molecule has 0 bridgehead atoms. The highest BCUT2D eigenvalue weighted by molar-refractivity contribution is 5.71. The molecule has 6 nitrogen and oxygen atoms in total. The molecule has 0 aliphatic carbocycles. The van der Waals surface area contributed by atoms with Crippen LogP contribution in [-0.4, -0.2) is 37.2 Å². The molecule has 0 heterocycles. The summed E-state index contributed by atoms with van der Waals surface area (Å²) in [7, 11) is 0. The molecule has 0 radical (unpaired) electrons. The predicted molar refractivity (Wildman–Crippen MR) is 330 cm³/mol. The summed E-state index contributed by atoms with van der Waals surface area (Å²) in [6.07, 6.45) is 83.4. The second-order valence-electron chi connectivity index (χ2n) is 22.0. The fraction of sp³-hybridized carbons (Fsp3) is 0.786. The molecular formula is C70H124O6. The highest BCUT2D eigenvalue weighted by Gasteiger charge is 2.19. The van der Waals surface area contributed by atoms with E-state index in [-0.39, 0.29) is 31.1 Å². The average molecular weight is 1060 g/mol. The third-order valence-electron chi connectivity index (χ3n) is 14.5. The van der Waals surface area contributed by atoms with Gasteiger partial charge < -0.3 is 14.2 Å². The Morgan fingerprint density at radius 3 is 0.803 bits per heavy atom. The molecule has 0 saturated heterocycles. The quantitative estimate of drug-likeness (QED) is 0.0261. The van der Waals surface area contributed by atoms with Gasteiger partial charge in [-0.05, 0) is 70.6 Å². The molecule has 440 valence electrons. The Morgan fingerprint density at radius 2 is 0.513 bits per heavy atom. The molecule has 0 aliphatic heterocycles. The molecule has 0 rings (SSSR count). The molecule has 1 unspecified atom stereocenters. The summed E-state index contributed by atoms with van der Waals surface area (Å²) < 4.78 is 16.9. The number of carbonyl (C=O) groups excluding carboxylic acids is 3. The predicted octanol–water partition coefficient (Wildman–Crippen LogP) is 22.5. The molecule has 0 fully saturated rings. The molecule has 0 amide bonds. The first-order valence-electron chi connectivity index (χ1n) is 32.9. The van der Waals surface area contributed by atoms with Crippen LogP contribution < -0.4 is 0 Å². The lowest BCUT2D eigenvalue weighted by Gasteiger charge is -2.18. The van der Waals surface area contributed by atoms with Crippen LogP contribution in [0, 0.1) is 0 Å². The van der Waals surface area contributed by atoms with Crippen molar-refractivity contribution in [3.63, 3.8) is 0 Å². The minimum absolute atomic E-state index is 0.0729. The van der Waals surface area contributed by atoms with Crippen LogP contribution in [0.2, 0.25) is 0 Å². The SMILES string of the molecule is CC/C=C\C/C=C\C/C=C\C/C=C\C/C=C\C/C=C\CCCCCCCCCCC(=O)OCC(COC(=O)CCCCCCCCCCCCC)OC(=O)CCCCCCCCCCCCCCCCCCCCCC. The first-order valence-corrected chi connectivity index (χ1v) is 32.9. The minimum atomic E-state index is -0.776. The van der Waals surface area contributed by atoms with Crippen molar-refractivity contribution in [2.45, 2.75) is 341 Å². The normalized spacial score (nSPS) is 12.5. The molecule has 76 heavy (non-hydrogen) atoms. The zero-order chi connectivity index (χ0) is 55.0. The maximum Gasteiger partial charge on any atom is 0.306 e. The van der Waals surface area contributed by atoms with Crippen LogP contribution in [0.1, 0.15) is 335 Å². The van der Waals surface area contributed by atoms with E-state index in [2.05, 4.69) is 93.7 Å². The summed E-state index contributed by atoms with van der Waals surface area (Å²) in [5.41, 5.74) is 0. The van der Waals surface area contributed by atoms with Crippen molar-refractivity contribution in [1.29, 1.82) is 0 Å². The van der Waals surface area contributed by atoms with Gasteiger partial charge in [0.25, 0.3) is 0 Å². The summed E-state index contributed by atoms with van der Waals surface area (Å²) in [4.78, 5) is 38.3. The largest absolute Gasteiger partial charge is 0.462 e. The van der Waals surface area contributed by atoms with Gasteiger partial charge in [0.05, 0.1) is 0 Å². The summed E-state index contributed by atoms with van der Waals surface area (Å²) >= 11 is 0. The lowest BCUT2D eigenvalue weighted by atomic mass is 10.0. The highest BCUT2D eigenvalue weighted by atomic mass is 16.6. The van der Waals surface area contributed by atoms with E-state index in [0.29, 0.717) is 19.3 Å². The van der Waals surface area contributed by atoms with Crippen LogP contribution in [0.5, 0.6) is 0 Å². The molecule has 0 saturated carbocycles. The van der Waals surface area contributed by atoms with E-state index in [1.54, 1.807) is 0 Å². The van der Waals surface area contributed by atoms with Gasteiger partial charge in [-0.1, -0.05) is 318 Å². The van der Waals surface area contributed by atoms with Gasteiger partial charge in [-0.2, -0.15) is 0 Å². The number of rotatable bonds is 60. The van der Waals surface area contributed by atoms with Crippen LogP contribution >= 0.6 is 0 Å². The maximum atomic E-state index is 12.9. The zero-order valence-electron chi connectivity index (χ0n) is 50.5. The Kier molecular flexibility index (Phi) is 61.7. The van der Waals surface area contributed by atoms with Gasteiger partial charge >= 0.3 is 17.9 Å². The van der Waals surface area contributed by atoms with Crippen LogP contribution in [0.3, 0.4) is 0 Å². The Labute approximate surface area is 472 Å². The van der Waals surface area contributed by atoms with Crippen molar-refractivity contribution >= 4 is 17.9 Å². The van der Waals surface area contributed by atoms with E-state index in [0.717, 1.165) is 103 Å². The minimum Gasteiger partial charge on any atom is -0.462 e. The molecule has 1 atom stereocenters. The first kappa shape index (κ1) is 72.8. The number of hydrogen-bond acceptors (Lipinski definition) is 6. The zero-order valence-corrected chi connectivity index (χ0v) is 50.5. The van der Waals surface area contributed by atoms with Gasteiger partial charge in [0, 0.05) is 19.3 Å². The third-order valence-corrected chi connectivity index (χ3v) is 14.5. The smallest absolute Gasteiger partial charge is 0.306 e. The number of unbranched alkanes of at least 4 members (excludes halogenated alkanes) is 37. The Hall–Kier alpha value is -3.15. The van der Waals surface area contributed by atoms with Crippen molar-refractivity contribution < 1.29 is 28.6 Å². The van der Waals surface area contributed by atoms with E-state index in [4.69, 9.17) is 14.2 Å². The molecule has 0 N–H and O–H groups in total. The van der Waals surface area contributed by atoms with E-state index in [1.165, 1.54) is 193 Å². The van der Waals surface area contributed by atoms with Crippen LogP contribution in [0.4, 0.5) is 0 Å². The summed E-state index contributed by atoms with van der Waals surface area (Å²) in [5, 5.41) is 0. The Morgan fingerprint density at radius 1 is 0.276 bits per heavy atom. The molecule has 0 aliphatic rings. The maximum absolute atomic E-state index is 12.9. The monoisotopic (exact) mass is 1060 g/mol. The standard InChI is InChI=1S/C70H124O6/c1-4-7-10-13-16-19-22-24-26-28-30-32-33-34-35-36-37-38-40-41-43-45-48-51-54-57-60-63-69(72)75-66-67(65-74-68(71)62-59-56-53-50-47-21-18-15-12-9-6-3)76-70(73)64-61-58-55-52-49-46-44-42-39-31-29-27-25-23-20-17-14-11-8-5-2/h7,10,16,19,24,26,30,32,34-35,37-38,67H,4-6,8-9,11-15,17-18,20-23,25,27-29,31,33,36,39-66H2,1-3H3/b10-7-,19-16-,26-24-,32-30-,35-34-,38-37-. The van der Waals surface area contributed by atoms with Crippen molar-refractivity contribution in [2.75, 3.05) is 13.2 Å². The third kappa shape index (κ3) is 61.7. The first-order chi connectivity index (χ1) is 37.5. The van der Waals surface area contributed by atoms with Gasteiger partial charge in [-0.15, -0.1) is 0 Å². The molecule has 0 spiro atoms. The van der Waals surface area contributed by atoms with Crippen molar-refractivity contribution in [3.8, 4) is 0 Å². The van der Waals surface area contributed by atoms with Crippen LogP contribution in [0.15, 0.2) is 72.9 Å². The number of ether oxygens (including phenoxy) is 3. The fourth-order valence-electron chi connectivity index (χ4n) is 9.57. The van der Waals surface area contributed by atoms with Crippen molar-refractivity contribution in [1.82, 2.24) is 0 Å². The molecule has 0 aromatic carbocycles. The molecular weight excluding hydrogens is 937 g/mol. The fourth-order valence-corrected chi connectivity index (χ4v) is 9.57. The summed E-state index contributed by atoms with van der Waals surface area (Å²) in [6, 6.07) is 0. The number of allylic oxidation sites excluding steroid dienone is 12. The van der Waals surface area contributed by atoms with E-state index < -0.39 is 6.10 Å². The van der Waals surface area contributed by atoms with Crippen molar-refractivity contribution in [3.05, 3.63) is 72.9 Å². The summed E-state index contributed by atoms with van der Waals surface area (Å²) in [5.74, 6) is -0.863. The Balaban J connectivity index is 4.26. The van der Waals surface area contributed by atoms with E-state index in [1.807, 2.05) is 0 Å². The average Bonchev–Trinajstić information content (AvgIpc) is 3.42. The van der Waals surface area contributed by atoms with Gasteiger partial charge in [0.2, 0.25) is 0 Å².